The topological polar surface area (TPSA) is 173 Å². The Kier molecular flexibility index (Phi) is 22.0. The van der Waals surface area contributed by atoms with Gasteiger partial charge in [0, 0.05) is 0 Å². The molecule has 1 fully saturated rings. The van der Waals surface area contributed by atoms with Crippen LogP contribution in [0.15, 0.2) is 212 Å². The first kappa shape index (κ1) is 61.0. The summed E-state index contributed by atoms with van der Waals surface area (Å²) in [5, 5.41) is 12.9. The first-order chi connectivity index (χ1) is 38.5. The number of phosphoric ester groups is 3. The molecule has 0 saturated heterocycles. The van der Waals surface area contributed by atoms with Gasteiger partial charge in [0.1, 0.15) is 36.6 Å². The van der Waals surface area contributed by atoms with Crippen molar-refractivity contribution in [1.29, 1.82) is 0 Å². The lowest BCUT2D eigenvalue weighted by atomic mass is 9.85. The lowest BCUT2D eigenvalue weighted by molar-refractivity contribution is -0.227. The largest absolute Gasteiger partial charge is 0.475 e. The first-order valence-electron chi connectivity index (χ1n) is 26.5. The molecule has 1 aliphatic rings. The molecular weight excluding hydrogens is 1090 g/mol. The van der Waals surface area contributed by atoms with E-state index in [9.17, 15) is 5.11 Å². The molecule has 0 bridgehead atoms. The van der Waals surface area contributed by atoms with Crippen molar-refractivity contribution < 1.29 is 68.7 Å². The minimum absolute atomic E-state index is 0.112. The van der Waals surface area contributed by atoms with Crippen molar-refractivity contribution in [3.63, 3.8) is 0 Å². The molecule has 19 heteroatoms. The molecule has 0 aliphatic heterocycles. The molecule has 0 aromatic heterocycles. The Morgan fingerprint density at radius 2 is 0.575 bits per heavy atom. The molecule has 0 unspecified atom stereocenters. The van der Waals surface area contributed by atoms with Crippen molar-refractivity contribution in [1.82, 2.24) is 0 Å². The van der Waals surface area contributed by atoms with Crippen LogP contribution in [0.25, 0.3) is 0 Å². The fraction of sp³-hybridized carbons (Fsp3) is 0.311. The third-order valence-corrected chi connectivity index (χ3v) is 22.3. The minimum Gasteiger partial charge on any atom is -0.408 e. The van der Waals surface area contributed by atoms with Gasteiger partial charge in [-0.05, 0) is 57.1 Å². The lowest BCUT2D eigenvalue weighted by Gasteiger charge is -2.51. The summed E-state index contributed by atoms with van der Waals surface area (Å²) in [5.74, 6) is 0. The van der Waals surface area contributed by atoms with Gasteiger partial charge < -0.3 is 14.3 Å². The number of hydrogen-bond donors (Lipinski definition) is 1. The zero-order valence-electron chi connectivity index (χ0n) is 45.6. The monoisotopic (exact) mass is 1160 g/mol. The van der Waals surface area contributed by atoms with Gasteiger partial charge in [0.05, 0.1) is 46.2 Å². The Morgan fingerprint density at radius 1 is 0.350 bits per heavy atom. The van der Waals surface area contributed by atoms with Crippen LogP contribution in [-0.4, -0.2) is 50.0 Å². The minimum atomic E-state index is -5.00. The standard InChI is InChI=1S/C61H71O15P3Si/c1-61(2,3)80(4,5)76-57-55(62)56(73-77(63,67-42-49-29-15-7-16-30-49)68-43-50-31-17-8-18-32-50)59(74-78(64,69-44-51-33-19-9-20-34-51)70-45-52-35-21-10-22-36-52)60(58(57)66-41-48-27-13-6-14-28-48)75-79(65,71-46-53-37-23-11-24-38-53)72-47-54-39-25-12-26-40-54/h6-40,55-60,62H,41-47H2,1-5H3/t55-,56-,57+,58+,59+,60+/m1/s1. The number of hydrogen-bond acceptors (Lipinski definition) is 15. The first-order valence-corrected chi connectivity index (χ1v) is 33.7. The number of aliphatic hydroxyl groups excluding tert-OH is 1. The summed E-state index contributed by atoms with van der Waals surface area (Å²) in [7, 11) is -17.9. The van der Waals surface area contributed by atoms with Crippen molar-refractivity contribution in [3.05, 3.63) is 251 Å². The molecule has 0 amide bonds. The summed E-state index contributed by atoms with van der Waals surface area (Å²) in [5.41, 5.74) is 4.42. The van der Waals surface area contributed by atoms with Crippen LogP contribution in [0.1, 0.15) is 59.7 Å². The molecule has 1 saturated carbocycles. The van der Waals surface area contributed by atoms with Crippen LogP contribution < -0.4 is 0 Å². The van der Waals surface area contributed by atoms with E-state index in [1.54, 1.807) is 146 Å². The van der Waals surface area contributed by atoms with Crippen LogP contribution in [0.3, 0.4) is 0 Å². The van der Waals surface area contributed by atoms with E-state index < -0.39 is 73.4 Å². The number of benzene rings is 7. The van der Waals surface area contributed by atoms with Crippen molar-refractivity contribution >= 4 is 31.8 Å². The normalized spacial score (nSPS) is 19.2. The van der Waals surface area contributed by atoms with Crippen LogP contribution in [0.2, 0.25) is 18.1 Å². The van der Waals surface area contributed by atoms with Gasteiger partial charge in [-0.15, -0.1) is 0 Å². The number of phosphoric acid groups is 3. The Balaban J connectivity index is 1.32. The molecule has 0 spiro atoms. The average molecular weight is 1170 g/mol. The molecular formula is C61H71O15P3Si. The van der Waals surface area contributed by atoms with E-state index in [0.717, 1.165) is 0 Å². The smallest absolute Gasteiger partial charge is 0.408 e. The molecule has 424 valence electrons. The number of aliphatic hydroxyl groups is 1. The van der Waals surface area contributed by atoms with E-state index in [-0.39, 0.29) is 46.2 Å². The van der Waals surface area contributed by atoms with Gasteiger partial charge in [0.15, 0.2) is 8.32 Å². The van der Waals surface area contributed by atoms with Gasteiger partial charge in [-0.25, -0.2) is 13.7 Å². The summed E-state index contributed by atoms with van der Waals surface area (Å²) >= 11 is 0. The molecule has 1 aliphatic carbocycles. The molecule has 0 radical (unpaired) electrons. The SMILES string of the molecule is CC(C)(C)[Si](C)(C)O[C@H]1[C@H](O)[C@@H](OP(=O)(OCc2ccccc2)OCc2ccccc2)[C@H](OP(=O)(OCc2ccccc2)OCc2ccccc2)[C@@H](OP(=O)(OCc2ccccc2)OCc2ccccc2)[C@H]1OCc1ccccc1. The molecule has 6 atom stereocenters. The van der Waals surface area contributed by atoms with E-state index in [2.05, 4.69) is 0 Å². The van der Waals surface area contributed by atoms with Gasteiger partial charge in [-0.3, -0.25) is 40.7 Å². The summed E-state index contributed by atoms with van der Waals surface area (Å²) in [4.78, 5) is 0. The highest BCUT2D eigenvalue weighted by Gasteiger charge is 2.61. The summed E-state index contributed by atoms with van der Waals surface area (Å²) in [6, 6.07) is 63.2. The van der Waals surface area contributed by atoms with Gasteiger partial charge in [0.2, 0.25) is 0 Å². The van der Waals surface area contributed by atoms with Crippen molar-refractivity contribution in [3.8, 4) is 0 Å². The molecule has 15 nitrogen and oxygen atoms in total. The maximum atomic E-state index is 16.0. The fourth-order valence-electron chi connectivity index (χ4n) is 8.22. The van der Waals surface area contributed by atoms with Gasteiger partial charge >= 0.3 is 23.5 Å². The van der Waals surface area contributed by atoms with Crippen molar-refractivity contribution in [2.45, 2.75) is 122 Å². The van der Waals surface area contributed by atoms with Gasteiger partial charge in [-0.1, -0.05) is 233 Å². The zero-order valence-corrected chi connectivity index (χ0v) is 49.3. The van der Waals surface area contributed by atoms with E-state index in [1.807, 2.05) is 101 Å². The highest BCUT2D eigenvalue weighted by Crippen LogP contribution is 2.61. The highest BCUT2D eigenvalue weighted by molar-refractivity contribution is 7.49. The Hall–Kier alpha value is -5.03. The van der Waals surface area contributed by atoms with Crippen molar-refractivity contribution in [2.75, 3.05) is 0 Å². The molecule has 80 heavy (non-hydrogen) atoms. The molecule has 8 rings (SSSR count). The maximum Gasteiger partial charge on any atom is 0.475 e. The van der Waals surface area contributed by atoms with E-state index in [0.29, 0.717) is 38.9 Å². The molecule has 7 aromatic rings. The maximum absolute atomic E-state index is 16.0. The molecule has 1 N–H and O–H groups in total. The van der Waals surface area contributed by atoms with Crippen LogP contribution in [0.5, 0.6) is 0 Å². The second kappa shape index (κ2) is 28.8. The second-order valence-corrected chi connectivity index (χ2v) is 30.3. The van der Waals surface area contributed by atoms with Crippen LogP contribution in [0.4, 0.5) is 0 Å². The van der Waals surface area contributed by atoms with Crippen molar-refractivity contribution in [2.24, 2.45) is 0 Å². The van der Waals surface area contributed by atoms with E-state index in [4.69, 9.17) is 49.9 Å². The zero-order chi connectivity index (χ0) is 56.5. The average Bonchev–Trinajstić information content (AvgIpc) is 3.53. The predicted octanol–water partition coefficient (Wildman–Crippen LogP) is 15.1. The predicted molar refractivity (Wildman–Crippen MR) is 308 cm³/mol. The summed E-state index contributed by atoms with van der Waals surface area (Å²) < 4.78 is 120. The van der Waals surface area contributed by atoms with Gasteiger partial charge in [-0.2, -0.15) is 0 Å². The van der Waals surface area contributed by atoms with Gasteiger partial charge in [0.25, 0.3) is 0 Å². The number of rotatable bonds is 29. The van der Waals surface area contributed by atoms with Crippen LogP contribution >= 0.6 is 23.5 Å². The third-order valence-electron chi connectivity index (χ3n) is 13.6. The van der Waals surface area contributed by atoms with Crippen LogP contribution in [-0.2, 0) is 110 Å². The quantitative estimate of drug-likeness (QED) is 0.0346. The molecule has 0 heterocycles. The van der Waals surface area contributed by atoms with E-state index >= 15 is 13.7 Å². The summed E-state index contributed by atoms with van der Waals surface area (Å²) in [6.07, 6.45) is -10.6. The highest BCUT2D eigenvalue weighted by atomic mass is 31.2. The number of ether oxygens (including phenoxy) is 1. The lowest BCUT2D eigenvalue weighted by Crippen LogP contribution is -2.68. The Labute approximate surface area is 471 Å². The Bertz CT molecular complexity index is 2930. The van der Waals surface area contributed by atoms with Crippen LogP contribution in [0, 0.1) is 0 Å². The third kappa shape index (κ3) is 18.0. The fourth-order valence-corrected chi connectivity index (χ4v) is 13.6. The second-order valence-electron chi connectivity index (χ2n) is 20.7. The van der Waals surface area contributed by atoms with E-state index in [1.165, 1.54) is 0 Å². The summed E-state index contributed by atoms with van der Waals surface area (Å²) in [6.45, 7) is 8.28. The molecule has 7 aromatic carbocycles. The Morgan fingerprint density at radius 3 is 0.825 bits per heavy atom.